The lowest BCUT2D eigenvalue weighted by Gasteiger charge is -1.86. The second kappa shape index (κ2) is 2.62. The molecule has 0 bridgehead atoms. The Morgan fingerprint density at radius 3 is 2.75 bits per heavy atom. The molecule has 0 spiro atoms. The predicted octanol–water partition coefficient (Wildman–Crippen LogP) is 1.97. The number of hydrogen-bond acceptors (Lipinski definition) is 2. The van der Waals surface area contributed by atoms with E-state index in [-0.39, 0.29) is 0 Å². The summed E-state index contributed by atoms with van der Waals surface area (Å²) in [6.07, 6.45) is 0. The first-order chi connectivity index (χ1) is 3.84. The van der Waals surface area contributed by atoms with Crippen molar-refractivity contribution < 1.29 is 0 Å². The van der Waals surface area contributed by atoms with E-state index in [1.54, 1.807) is 11.3 Å². The maximum atomic E-state index is 5.37. The van der Waals surface area contributed by atoms with E-state index in [9.17, 15) is 0 Å². The molecule has 0 aliphatic heterocycles. The van der Waals surface area contributed by atoms with Crippen LogP contribution in [0.4, 0.5) is 0 Å². The van der Waals surface area contributed by atoms with Crippen molar-refractivity contribution in [3.05, 3.63) is 20.8 Å². The molecule has 3 heteroatoms. The molecular formula is C5H6BrNS. The fourth-order valence-corrected chi connectivity index (χ4v) is 1.74. The molecule has 0 amide bonds. The fraction of sp³-hybridized carbons (Fsp3) is 0.200. The first-order valence-corrected chi connectivity index (χ1v) is 3.94. The third-order valence-corrected chi connectivity index (χ3v) is 2.72. The van der Waals surface area contributed by atoms with E-state index in [2.05, 4.69) is 15.9 Å². The third-order valence-electron chi connectivity index (χ3n) is 0.913. The normalized spacial score (nSPS) is 9.75. The topological polar surface area (TPSA) is 26.0 Å². The van der Waals surface area contributed by atoms with Gasteiger partial charge in [0, 0.05) is 6.54 Å². The molecule has 0 saturated carbocycles. The van der Waals surface area contributed by atoms with Gasteiger partial charge >= 0.3 is 0 Å². The zero-order valence-electron chi connectivity index (χ0n) is 4.23. The average molecular weight is 192 g/mol. The summed E-state index contributed by atoms with van der Waals surface area (Å²) in [7, 11) is 0. The highest BCUT2D eigenvalue weighted by atomic mass is 79.9. The average Bonchev–Trinajstić information content (AvgIpc) is 2.14. The molecule has 0 atom stereocenters. The molecule has 0 aliphatic carbocycles. The van der Waals surface area contributed by atoms with Crippen LogP contribution in [0.1, 0.15) is 5.56 Å². The second-order valence-electron chi connectivity index (χ2n) is 1.42. The number of nitrogens with two attached hydrogens (primary N) is 1. The quantitative estimate of drug-likeness (QED) is 0.723. The van der Waals surface area contributed by atoms with Gasteiger partial charge in [0.25, 0.3) is 0 Å². The van der Waals surface area contributed by atoms with Gasteiger partial charge in [-0.15, -0.1) is 11.3 Å². The van der Waals surface area contributed by atoms with E-state index in [0.717, 1.165) is 3.79 Å². The Labute approximate surface area is 60.6 Å². The summed E-state index contributed by atoms with van der Waals surface area (Å²) in [5.41, 5.74) is 6.56. The van der Waals surface area contributed by atoms with Crippen molar-refractivity contribution in [1.82, 2.24) is 0 Å². The Morgan fingerprint density at radius 1 is 1.75 bits per heavy atom. The Bertz CT molecular complexity index is 173. The van der Waals surface area contributed by atoms with Crippen LogP contribution in [-0.4, -0.2) is 0 Å². The van der Waals surface area contributed by atoms with E-state index < -0.39 is 0 Å². The molecule has 1 rings (SSSR count). The van der Waals surface area contributed by atoms with Crippen LogP contribution in [0, 0.1) is 0 Å². The summed E-state index contributed by atoms with van der Waals surface area (Å²) < 4.78 is 1.15. The predicted molar refractivity (Wildman–Crippen MR) is 39.9 cm³/mol. The van der Waals surface area contributed by atoms with Gasteiger partial charge in [-0.2, -0.15) is 0 Å². The monoisotopic (exact) mass is 191 g/mol. The lowest BCUT2D eigenvalue weighted by Crippen LogP contribution is -1.93. The zero-order valence-corrected chi connectivity index (χ0v) is 6.63. The number of hydrogen-bond donors (Lipinski definition) is 1. The summed E-state index contributed by atoms with van der Waals surface area (Å²) in [4.78, 5) is 0. The summed E-state index contributed by atoms with van der Waals surface area (Å²) in [6, 6.07) is 2.02. The van der Waals surface area contributed by atoms with Gasteiger partial charge in [-0.05, 0) is 32.9 Å². The SMILES string of the molecule is NCc1ccsc1Br. The number of halogens is 1. The van der Waals surface area contributed by atoms with Gasteiger partial charge in [0.05, 0.1) is 3.79 Å². The van der Waals surface area contributed by atoms with Crippen molar-refractivity contribution in [3.63, 3.8) is 0 Å². The van der Waals surface area contributed by atoms with Gasteiger partial charge < -0.3 is 5.73 Å². The maximum absolute atomic E-state index is 5.37. The Hall–Kier alpha value is 0.140. The lowest BCUT2D eigenvalue weighted by molar-refractivity contribution is 1.08. The van der Waals surface area contributed by atoms with Gasteiger partial charge in [-0.25, -0.2) is 0 Å². The largest absolute Gasteiger partial charge is 0.326 e. The van der Waals surface area contributed by atoms with Crippen LogP contribution in [0.3, 0.4) is 0 Å². The van der Waals surface area contributed by atoms with Crippen LogP contribution >= 0.6 is 27.3 Å². The maximum Gasteiger partial charge on any atom is 0.0743 e. The number of rotatable bonds is 1. The Kier molecular flexibility index (Phi) is 2.05. The molecule has 8 heavy (non-hydrogen) atoms. The van der Waals surface area contributed by atoms with E-state index in [1.807, 2.05) is 11.4 Å². The molecular weight excluding hydrogens is 186 g/mol. The highest BCUT2D eigenvalue weighted by Crippen LogP contribution is 2.22. The van der Waals surface area contributed by atoms with Gasteiger partial charge in [-0.3, -0.25) is 0 Å². The van der Waals surface area contributed by atoms with Gasteiger partial charge in [0.15, 0.2) is 0 Å². The van der Waals surface area contributed by atoms with Crippen molar-refractivity contribution in [3.8, 4) is 0 Å². The van der Waals surface area contributed by atoms with E-state index in [4.69, 9.17) is 5.73 Å². The van der Waals surface area contributed by atoms with Crippen molar-refractivity contribution in [2.45, 2.75) is 6.54 Å². The molecule has 0 aliphatic rings. The molecule has 0 fully saturated rings. The molecule has 0 unspecified atom stereocenters. The zero-order chi connectivity index (χ0) is 5.98. The summed E-state index contributed by atoms with van der Waals surface area (Å²) >= 11 is 5.03. The minimum atomic E-state index is 0.629. The van der Waals surface area contributed by atoms with Crippen molar-refractivity contribution in [1.29, 1.82) is 0 Å². The van der Waals surface area contributed by atoms with Gasteiger partial charge in [-0.1, -0.05) is 0 Å². The van der Waals surface area contributed by atoms with Crippen molar-refractivity contribution >= 4 is 27.3 Å². The van der Waals surface area contributed by atoms with Crippen molar-refractivity contribution in [2.75, 3.05) is 0 Å². The molecule has 0 aromatic carbocycles. The minimum Gasteiger partial charge on any atom is -0.326 e. The van der Waals surface area contributed by atoms with Crippen molar-refractivity contribution in [2.24, 2.45) is 5.73 Å². The molecule has 0 saturated heterocycles. The van der Waals surface area contributed by atoms with E-state index in [1.165, 1.54) is 5.56 Å². The van der Waals surface area contributed by atoms with E-state index >= 15 is 0 Å². The number of thiophene rings is 1. The molecule has 44 valence electrons. The molecule has 1 heterocycles. The van der Waals surface area contributed by atoms with Gasteiger partial charge in [0.2, 0.25) is 0 Å². The lowest BCUT2D eigenvalue weighted by atomic mass is 10.4. The van der Waals surface area contributed by atoms with Gasteiger partial charge in [0.1, 0.15) is 0 Å². The first-order valence-electron chi connectivity index (χ1n) is 2.26. The minimum absolute atomic E-state index is 0.629. The third kappa shape index (κ3) is 1.10. The van der Waals surface area contributed by atoms with Crippen LogP contribution in [0.15, 0.2) is 15.2 Å². The second-order valence-corrected chi connectivity index (χ2v) is 3.66. The summed E-state index contributed by atoms with van der Waals surface area (Å²) in [6.45, 7) is 0.629. The Balaban J connectivity index is 2.92. The summed E-state index contributed by atoms with van der Waals surface area (Å²) in [5.74, 6) is 0. The van der Waals surface area contributed by atoms with Crippen LogP contribution < -0.4 is 5.73 Å². The summed E-state index contributed by atoms with van der Waals surface area (Å²) in [5, 5.41) is 2.02. The Morgan fingerprint density at radius 2 is 2.50 bits per heavy atom. The first kappa shape index (κ1) is 6.26. The van der Waals surface area contributed by atoms with E-state index in [0.29, 0.717) is 6.54 Å². The van der Waals surface area contributed by atoms with Crippen LogP contribution in [0.25, 0.3) is 0 Å². The molecule has 1 aromatic heterocycles. The molecule has 0 radical (unpaired) electrons. The standard InChI is InChI=1S/C5H6BrNS/c6-5-4(3-7)1-2-8-5/h1-2H,3,7H2. The van der Waals surface area contributed by atoms with Crippen LogP contribution in [0.5, 0.6) is 0 Å². The smallest absolute Gasteiger partial charge is 0.0743 e. The van der Waals surface area contributed by atoms with Crippen LogP contribution in [0.2, 0.25) is 0 Å². The fourth-order valence-electron chi connectivity index (χ4n) is 0.465. The molecule has 1 nitrogen and oxygen atoms in total. The molecule has 2 N–H and O–H groups in total. The highest BCUT2D eigenvalue weighted by molar-refractivity contribution is 9.11. The highest BCUT2D eigenvalue weighted by Gasteiger charge is 1.94. The van der Waals surface area contributed by atoms with Crippen LogP contribution in [-0.2, 0) is 6.54 Å². The molecule has 1 aromatic rings.